The minimum absolute atomic E-state index is 0.140. The Morgan fingerprint density at radius 2 is 1.51 bits per heavy atom. The van der Waals surface area contributed by atoms with Crippen LogP contribution in [0.2, 0.25) is 0 Å². The zero-order chi connectivity index (χ0) is 31.5. The molecule has 0 radical (unpaired) electrons. The van der Waals surface area contributed by atoms with E-state index in [1.54, 1.807) is 12.3 Å². The average molecular weight is 629 g/mol. The minimum atomic E-state index is -3.66. The Kier molecular flexibility index (Phi) is 10.9. The Bertz CT molecular complexity index is 1630. The summed E-state index contributed by atoms with van der Waals surface area (Å²) in [4.78, 5) is 33.6. The molecule has 1 saturated heterocycles. The number of hydrogen-bond donors (Lipinski definition) is 1. The van der Waals surface area contributed by atoms with Crippen LogP contribution in [0.25, 0.3) is 0 Å². The summed E-state index contributed by atoms with van der Waals surface area (Å²) in [7, 11) is -3.66. The molecule has 0 spiro atoms. The van der Waals surface area contributed by atoms with Crippen molar-refractivity contribution in [2.75, 3.05) is 32.9 Å². The van der Waals surface area contributed by atoms with E-state index >= 15 is 0 Å². The first kappa shape index (κ1) is 31.8. The summed E-state index contributed by atoms with van der Waals surface area (Å²) in [5.41, 5.74) is 2.46. The van der Waals surface area contributed by atoms with Crippen LogP contribution in [0.4, 0.5) is 0 Å². The number of morpholine rings is 1. The van der Waals surface area contributed by atoms with Gasteiger partial charge in [-0.2, -0.15) is 4.31 Å². The first-order valence-corrected chi connectivity index (χ1v) is 16.2. The zero-order valence-electron chi connectivity index (χ0n) is 24.8. The number of aromatic nitrogens is 1. The van der Waals surface area contributed by atoms with E-state index in [1.807, 2.05) is 72.8 Å². The highest BCUT2D eigenvalue weighted by atomic mass is 32.2. The third-order valence-electron chi connectivity index (χ3n) is 7.43. The molecule has 1 aromatic heterocycles. The predicted molar refractivity (Wildman–Crippen MR) is 169 cm³/mol. The Morgan fingerprint density at radius 1 is 0.867 bits per heavy atom. The van der Waals surface area contributed by atoms with Gasteiger partial charge >= 0.3 is 0 Å². The quantitative estimate of drug-likeness (QED) is 0.241. The SMILES string of the molecule is O=C(NCc1ccccn1)[C@H](Cc1ccccc1)N(Cc1ccccc1)C(=O)COc1ccc(S(=O)(=O)N2CCOCC2)cc1. The Hall–Kier alpha value is -4.58. The van der Waals surface area contributed by atoms with Gasteiger partial charge < -0.3 is 19.7 Å². The molecule has 4 aromatic rings. The van der Waals surface area contributed by atoms with Gasteiger partial charge in [-0.05, 0) is 47.5 Å². The Morgan fingerprint density at radius 3 is 2.16 bits per heavy atom. The van der Waals surface area contributed by atoms with Gasteiger partial charge in [0.15, 0.2) is 6.61 Å². The molecule has 3 aromatic carbocycles. The van der Waals surface area contributed by atoms with Crippen molar-refractivity contribution in [3.63, 3.8) is 0 Å². The van der Waals surface area contributed by atoms with E-state index in [9.17, 15) is 18.0 Å². The number of nitrogens with zero attached hydrogens (tertiary/aromatic N) is 3. The number of amides is 2. The van der Waals surface area contributed by atoms with Crippen LogP contribution in [0.5, 0.6) is 5.75 Å². The maximum Gasteiger partial charge on any atom is 0.261 e. The van der Waals surface area contributed by atoms with E-state index in [2.05, 4.69) is 10.3 Å². The fourth-order valence-electron chi connectivity index (χ4n) is 5.00. The van der Waals surface area contributed by atoms with Crippen LogP contribution in [0.15, 0.2) is 114 Å². The van der Waals surface area contributed by atoms with Crippen LogP contribution in [0, 0.1) is 0 Å². The maximum atomic E-state index is 13.9. The van der Waals surface area contributed by atoms with Gasteiger partial charge in [0.2, 0.25) is 15.9 Å². The molecular weight excluding hydrogens is 592 g/mol. The molecule has 1 atom stereocenters. The van der Waals surface area contributed by atoms with Crippen LogP contribution in [-0.4, -0.2) is 73.4 Å². The lowest BCUT2D eigenvalue weighted by Gasteiger charge is -2.31. The van der Waals surface area contributed by atoms with Gasteiger partial charge in [-0.3, -0.25) is 14.6 Å². The highest BCUT2D eigenvalue weighted by Gasteiger charge is 2.31. The van der Waals surface area contributed by atoms with Gasteiger partial charge in [0.25, 0.3) is 5.91 Å². The molecule has 45 heavy (non-hydrogen) atoms. The number of ether oxygens (including phenoxy) is 2. The van der Waals surface area contributed by atoms with Crippen molar-refractivity contribution in [2.45, 2.75) is 30.4 Å². The van der Waals surface area contributed by atoms with Crippen molar-refractivity contribution in [1.29, 1.82) is 0 Å². The van der Waals surface area contributed by atoms with Crippen molar-refractivity contribution in [3.8, 4) is 5.75 Å². The van der Waals surface area contributed by atoms with E-state index < -0.39 is 22.0 Å². The van der Waals surface area contributed by atoms with Crippen molar-refractivity contribution in [1.82, 2.24) is 19.5 Å². The summed E-state index contributed by atoms with van der Waals surface area (Å²) in [5, 5.41) is 2.96. The monoisotopic (exact) mass is 628 g/mol. The van der Waals surface area contributed by atoms with Crippen molar-refractivity contribution in [3.05, 3.63) is 126 Å². The standard InChI is InChI=1S/C34H36N4O6S/c39-33(26-44-30-14-16-31(17-15-30)45(41,42)37-19-21-43-22-20-37)38(25-28-11-5-2-6-12-28)32(23-27-9-3-1-4-10-27)34(40)36-24-29-13-7-8-18-35-29/h1-18,32H,19-26H2,(H,36,40)/t32-/m0/s1. The average Bonchev–Trinajstić information content (AvgIpc) is 3.09. The normalized spacial score (nSPS) is 14.3. The van der Waals surface area contributed by atoms with Gasteiger partial charge in [-0.25, -0.2) is 8.42 Å². The van der Waals surface area contributed by atoms with Crippen LogP contribution in [0.1, 0.15) is 16.8 Å². The molecule has 1 fully saturated rings. The summed E-state index contributed by atoms with van der Waals surface area (Å²) in [6.07, 6.45) is 1.96. The molecule has 5 rings (SSSR count). The van der Waals surface area contributed by atoms with E-state index in [0.29, 0.717) is 44.2 Å². The maximum absolute atomic E-state index is 13.9. The fraction of sp³-hybridized carbons (Fsp3) is 0.265. The summed E-state index contributed by atoms with van der Waals surface area (Å²) in [6.45, 7) is 1.37. The number of rotatable bonds is 13. The van der Waals surface area contributed by atoms with Crippen LogP contribution >= 0.6 is 0 Å². The summed E-state index contributed by atoms with van der Waals surface area (Å²) in [5.74, 6) is -0.368. The van der Waals surface area contributed by atoms with E-state index in [0.717, 1.165) is 11.1 Å². The smallest absolute Gasteiger partial charge is 0.261 e. The molecule has 1 aliphatic rings. The van der Waals surface area contributed by atoms with Gasteiger partial charge in [-0.1, -0.05) is 66.7 Å². The van der Waals surface area contributed by atoms with Crippen LogP contribution < -0.4 is 10.1 Å². The minimum Gasteiger partial charge on any atom is -0.484 e. The van der Waals surface area contributed by atoms with Crippen molar-refractivity contribution >= 4 is 21.8 Å². The fourth-order valence-corrected chi connectivity index (χ4v) is 6.41. The largest absolute Gasteiger partial charge is 0.484 e. The topological polar surface area (TPSA) is 118 Å². The number of benzene rings is 3. The summed E-state index contributed by atoms with van der Waals surface area (Å²) >= 11 is 0. The molecule has 1 N–H and O–H groups in total. The van der Waals surface area contributed by atoms with Gasteiger partial charge in [0, 0.05) is 32.3 Å². The van der Waals surface area contributed by atoms with E-state index in [4.69, 9.17) is 9.47 Å². The molecular formula is C34H36N4O6S. The van der Waals surface area contributed by atoms with Crippen LogP contribution in [-0.2, 0) is 43.9 Å². The molecule has 1 aliphatic heterocycles. The van der Waals surface area contributed by atoms with E-state index in [1.165, 1.54) is 33.5 Å². The lowest BCUT2D eigenvalue weighted by Crippen LogP contribution is -2.51. The van der Waals surface area contributed by atoms with Crippen molar-refractivity contribution in [2.24, 2.45) is 0 Å². The lowest BCUT2D eigenvalue weighted by molar-refractivity contribution is -0.142. The molecule has 0 unspecified atom stereocenters. The third-order valence-corrected chi connectivity index (χ3v) is 9.34. The number of nitrogens with one attached hydrogen (secondary N) is 1. The highest BCUT2D eigenvalue weighted by molar-refractivity contribution is 7.89. The second-order valence-corrected chi connectivity index (χ2v) is 12.5. The van der Waals surface area contributed by atoms with Crippen molar-refractivity contribution < 1.29 is 27.5 Å². The molecule has 234 valence electrons. The summed E-state index contributed by atoms with van der Waals surface area (Å²) in [6, 6.07) is 29.6. The molecule has 10 nitrogen and oxygen atoms in total. The Balaban J connectivity index is 1.34. The second-order valence-electron chi connectivity index (χ2n) is 10.5. The predicted octanol–water partition coefficient (Wildman–Crippen LogP) is 3.44. The number of pyridine rings is 1. The molecule has 0 bridgehead atoms. The molecule has 0 saturated carbocycles. The molecule has 0 aliphatic carbocycles. The number of carbonyl (C=O) groups is 2. The number of carbonyl (C=O) groups excluding carboxylic acids is 2. The highest BCUT2D eigenvalue weighted by Crippen LogP contribution is 2.21. The first-order chi connectivity index (χ1) is 21.9. The first-order valence-electron chi connectivity index (χ1n) is 14.8. The molecule has 11 heteroatoms. The molecule has 2 heterocycles. The van der Waals surface area contributed by atoms with Gasteiger partial charge in [-0.15, -0.1) is 0 Å². The number of hydrogen-bond acceptors (Lipinski definition) is 7. The Labute approximate surface area is 263 Å². The zero-order valence-corrected chi connectivity index (χ0v) is 25.6. The van der Waals surface area contributed by atoms with Gasteiger partial charge in [0.05, 0.1) is 30.3 Å². The van der Waals surface area contributed by atoms with Crippen LogP contribution in [0.3, 0.4) is 0 Å². The third kappa shape index (κ3) is 8.75. The summed E-state index contributed by atoms with van der Waals surface area (Å²) < 4.78 is 38.5. The van der Waals surface area contributed by atoms with E-state index in [-0.39, 0.29) is 30.5 Å². The lowest BCUT2D eigenvalue weighted by atomic mass is 10.0. The van der Waals surface area contributed by atoms with Gasteiger partial charge in [0.1, 0.15) is 11.8 Å². The number of sulfonamides is 1. The molecule has 2 amide bonds. The second kappa shape index (κ2) is 15.4.